The topological polar surface area (TPSA) is 26.0 Å². The maximum Gasteiger partial charge on any atom is 0.0178 e. The van der Waals surface area contributed by atoms with Gasteiger partial charge in [0.05, 0.1) is 0 Å². The van der Waals surface area contributed by atoms with Crippen molar-refractivity contribution >= 4 is 11.8 Å². The largest absolute Gasteiger partial charge is 0.326 e. The van der Waals surface area contributed by atoms with Gasteiger partial charge >= 0.3 is 0 Å². The van der Waals surface area contributed by atoms with E-state index in [0.717, 1.165) is 0 Å². The van der Waals surface area contributed by atoms with Gasteiger partial charge in [-0.05, 0) is 24.0 Å². The first-order chi connectivity index (χ1) is 4.86. The van der Waals surface area contributed by atoms with Crippen molar-refractivity contribution < 1.29 is 0 Å². The van der Waals surface area contributed by atoms with Crippen LogP contribution in [0, 0.1) is 0 Å². The first kappa shape index (κ1) is 7.63. The number of benzene rings is 1. The Morgan fingerprint density at radius 3 is 2.90 bits per heavy atom. The smallest absolute Gasteiger partial charge is 0.0178 e. The Labute approximate surface area is 65.6 Å². The van der Waals surface area contributed by atoms with Crippen LogP contribution >= 0.6 is 11.8 Å². The Morgan fingerprint density at radius 2 is 2.30 bits per heavy atom. The molecule has 1 nitrogen and oxygen atoms in total. The van der Waals surface area contributed by atoms with Gasteiger partial charge in [-0.2, -0.15) is 0 Å². The molecule has 0 aliphatic carbocycles. The molecule has 1 aromatic carbocycles. The second kappa shape index (κ2) is 3.64. The highest BCUT2D eigenvalue weighted by molar-refractivity contribution is 7.98. The number of nitrogens with two attached hydrogens (primary N) is 1. The van der Waals surface area contributed by atoms with Crippen molar-refractivity contribution in [3.8, 4) is 0 Å². The van der Waals surface area contributed by atoms with Crippen molar-refractivity contribution in [1.29, 1.82) is 0 Å². The van der Waals surface area contributed by atoms with Crippen LogP contribution in [0.25, 0.3) is 0 Å². The Bertz CT molecular complexity index is 191. The molecule has 0 spiro atoms. The molecule has 1 aromatic rings. The summed E-state index contributed by atoms with van der Waals surface area (Å²) in [5.41, 5.74) is 6.66. The minimum absolute atomic E-state index is 0.633. The molecule has 1 rings (SSSR count). The highest BCUT2D eigenvalue weighted by atomic mass is 32.2. The van der Waals surface area contributed by atoms with E-state index in [1.807, 2.05) is 12.1 Å². The number of thioether (sulfide) groups is 1. The molecule has 0 aliphatic rings. The van der Waals surface area contributed by atoms with Crippen LogP contribution in [0.15, 0.2) is 29.2 Å². The van der Waals surface area contributed by atoms with E-state index in [9.17, 15) is 0 Å². The third kappa shape index (κ3) is 1.75. The van der Waals surface area contributed by atoms with Crippen molar-refractivity contribution in [1.82, 2.24) is 0 Å². The molecule has 0 saturated heterocycles. The van der Waals surface area contributed by atoms with Crippen LogP contribution in [-0.4, -0.2) is 6.26 Å². The molecular weight excluding hydrogens is 142 g/mol. The minimum Gasteiger partial charge on any atom is -0.326 e. The number of hydrogen-bond acceptors (Lipinski definition) is 2. The third-order valence-corrected chi connectivity index (χ3v) is 2.10. The van der Waals surface area contributed by atoms with Crippen molar-refractivity contribution in [3.05, 3.63) is 29.8 Å². The molecule has 0 radical (unpaired) electrons. The molecule has 2 N–H and O–H groups in total. The van der Waals surface area contributed by atoms with E-state index in [1.165, 1.54) is 10.5 Å². The van der Waals surface area contributed by atoms with E-state index in [0.29, 0.717) is 6.54 Å². The van der Waals surface area contributed by atoms with Gasteiger partial charge < -0.3 is 5.73 Å². The van der Waals surface area contributed by atoms with Crippen LogP contribution in [-0.2, 0) is 6.54 Å². The van der Waals surface area contributed by atoms with Crippen LogP contribution in [0.3, 0.4) is 0 Å². The summed E-state index contributed by atoms with van der Waals surface area (Å²) in [6, 6.07) is 8.28. The summed E-state index contributed by atoms with van der Waals surface area (Å²) in [4.78, 5) is 1.28. The monoisotopic (exact) mass is 153 g/mol. The molecule has 0 unspecified atom stereocenters. The Morgan fingerprint density at radius 1 is 1.50 bits per heavy atom. The maximum absolute atomic E-state index is 5.46. The predicted octanol–water partition coefficient (Wildman–Crippen LogP) is 1.87. The lowest BCUT2D eigenvalue weighted by Crippen LogP contribution is -1.95. The quantitative estimate of drug-likeness (QED) is 0.656. The zero-order chi connectivity index (χ0) is 7.40. The second-order valence-corrected chi connectivity index (χ2v) is 2.94. The van der Waals surface area contributed by atoms with Gasteiger partial charge in [-0.15, -0.1) is 11.8 Å². The van der Waals surface area contributed by atoms with Gasteiger partial charge in [0.15, 0.2) is 0 Å². The van der Waals surface area contributed by atoms with E-state index in [-0.39, 0.29) is 0 Å². The normalized spacial score (nSPS) is 9.80. The minimum atomic E-state index is 0.633. The molecule has 0 heterocycles. The van der Waals surface area contributed by atoms with E-state index in [2.05, 4.69) is 18.4 Å². The average molecular weight is 153 g/mol. The zero-order valence-corrected chi connectivity index (χ0v) is 6.82. The van der Waals surface area contributed by atoms with Crippen molar-refractivity contribution in [3.63, 3.8) is 0 Å². The molecule has 0 aromatic heterocycles. The van der Waals surface area contributed by atoms with Crippen LogP contribution in [0.2, 0.25) is 0 Å². The Balaban J connectivity index is 2.87. The Hall–Kier alpha value is -0.470. The van der Waals surface area contributed by atoms with E-state index in [1.54, 1.807) is 11.8 Å². The lowest BCUT2D eigenvalue weighted by atomic mass is 10.2. The summed E-state index contributed by atoms with van der Waals surface area (Å²) in [5, 5.41) is 0. The van der Waals surface area contributed by atoms with Gasteiger partial charge in [-0.3, -0.25) is 0 Å². The van der Waals surface area contributed by atoms with Gasteiger partial charge in [-0.25, -0.2) is 0 Å². The third-order valence-electron chi connectivity index (χ3n) is 1.37. The van der Waals surface area contributed by atoms with Gasteiger partial charge in [-0.1, -0.05) is 12.1 Å². The highest BCUT2D eigenvalue weighted by Gasteiger charge is 1.90. The lowest BCUT2D eigenvalue weighted by molar-refractivity contribution is 1.06. The molecule has 2 heteroatoms. The van der Waals surface area contributed by atoms with Gasteiger partial charge in [0.25, 0.3) is 0 Å². The standard InChI is InChI=1S/C8H11NS/c1-10-8-4-2-3-7(5-8)6-9/h2-5H,6,9H2,1H3. The molecule has 54 valence electrons. The highest BCUT2D eigenvalue weighted by Crippen LogP contribution is 2.14. The van der Waals surface area contributed by atoms with Crippen LogP contribution in [0.5, 0.6) is 0 Å². The molecule has 0 fully saturated rings. The molecule has 0 saturated carbocycles. The van der Waals surface area contributed by atoms with Crippen LogP contribution in [0.4, 0.5) is 0 Å². The fraction of sp³-hybridized carbons (Fsp3) is 0.250. The fourth-order valence-electron chi connectivity index (χ4n) is 0.799. The van der Waals surface area contributed by atoms with Gasteiger partial charge in [0, 0.05) is 11.4 Å². The second-order valence-electron chi connectivity index (χ2n) is 2.06. The Kier molecular flexibility index (Phi) is 2.78. The van der Waals surface area contributed by atoms with Crippen molar-refractivity contribution in [2.75, 3.05) is 6.26 Å². The fourth-order valence-corrected chi connectivity index (χ4v) is 1.28. The molecule has 0 amide bonds. The molecular formula is C8H11NS. The molecule has 0 aliphatic heterocycles. The van der Waals surface area contributed by atoms with Crippen molar-refractivity contribution in [2.24, 2.45) is 5.73 Å². The van der Waals surface area contributed by atoms with E-state index in [4.69, 9.17) is 5.73 Å². The first-order valence-electron chi connectivity index (χ1n) is 3.20. The maximum atomic E-state index is 5.46. The molecule has 0 atom stereocenters. The molecule has 0 bridgehead atoms. The zero-order valence-electron chi connectivity index (χ0n) is 6.00. The van der Waals surface area contributed by atoms with Crippen LogP contribution in [0.1, 0.15) is 5.56 Å². The summed E-state index contributed by atoms with van der Waals surface area (Å²) in [5.74, 6) is 0. The summed E-state index contributed by atoms with van der Waals surface area (Å²) in [6.45, 7) is 0.633. The lowest BCUT2D eigenvalue weighted by Gasteiger charge is -1.98. The first-order valence-corrected chi connectivity index (χ1v) is 4.42. The number of hydrogen-bond donors (Lipinski definition) is 1. The molecule has 10 heavy (non-hydrogen) atoms. The summed E-state index contributed by atoms with van der Waals surface area (Å²) >= 11 is 1.74. The van der Waals surface area contributed by atoms with Crippen molar-refractivity contribution in [2.45, 2.75) is 11.4 Å². The predicted molar refractivity (Wildman–Crippen MR) is 46.1 cm³/mol. The van der Waals surface area contributed by atoms with E-state index >= 15 is 0 Å². The average Bonchev–Trinajstić information content (AvgIpc) is 2.05. The number of rotatable bonds is 2. The van der Waals surface area contributed by atoms with E-state index < -0.39 is 0 Å². The summed E-state index contributed by atoms with van der Waals surface area (Å²) in [7, 11) is 0. The van der Waals surface area contributed by atoms with Crippen LogP contribution < -0.4 is 5.73 Å². The summed E-state index contributed by atoms with van der Waals surface area (Å²) in [6.07, 6.45) is 2.07. The van der Waals surface area contributed by atoms with Gasteiger partial charge in [0.2, 0.25) is 0 Å². The summed E-state index contributed by atoms with van der Waals surface area (Å²) < 4.78 is 0. The van der Waals surface area contributed by atoms with Gasteiger partial charge in [0.1, 0.15) is 0 Å². The SMILES string of the molecule is CSc1cccc(CN)c1.